The molecule has 1 atom stereocenters. The Bertz CT molecular complexity index is 503. The van der Waals surface area contributed by atoms with E-state index < -0.39 is 17.8 Å². The van der Waals surface area contributed by atoms with Crippen molar-refractivity contribution in [1.29, 1.82) is 0 Å². The third kappa shape index (κ3) is 2.92. The summed E-state index contributed by atoms with van der Waals surface area (Å²) < 4.78 is 42.5. The SMILES string of the molecule is OC(Cc1cccc(C(F)(F)F)c1)c1ccco1. The highest BCUT2D eigenvalue weighted by Gasteiger charge is 2.30. The van der Waals surface area contributed by atoms with Gasteiger partial charge in [0, 0.05) is 6.42 Å². The minimum atomic E-state index is -4.37. The van der Waals surface area contributed by atoms with Crippen molar-refractivity contribution in [1.82, 2.24) is 0 Å². The fraction of sp³-hybridized carbons (Fsp3) is 0.231. The van der Waals surface area contributed by atoms with Crippen LogP contribution in [0.5, 0.6) is 0 Å². The minimum Gasteiger partial charge on any atom is -0.467 e. The average molecular weight is 256 g/mol. The molecule has 1 aromatic heterocycles. The predicted molar refractivity (Wildman–Crippen MR) is 58.8 cm³/mol. The smallest absolute Gasteiger partial charge is 0.416 e. The summed E-state index contributed by atoms with van der Waals surface area (Å²) in [7, 11) is 0. The molecule has 0 radical (unpaired) electrons. The van der Waals surface area contributed by atoms with E-state index in [1.165, 1.54) is 12.3 Å². The van der Waals surface area contributed by atoms with Crippen LogP contribution in [0.15, 0.2) is 47.1 Å². The van der Waals surface area contributed by atoms with E-state index in [0.29, 0.717) is 11.3 Å². The standard InChI is InChI=1S/C13H11F3O2/c14-13(15,16)10-4-1-3-9(7-10)8-11(17)12-5-2-6-18-12/h1-7,11,17H,8H2. The van der Waals surface area contributed by atoms with Crippen LogP contribution in [-0.4, -0.2) is 5.11 Å². The van der Waals surface area contributed by atoms with Crippen molar-refractivity contribution in [3.63, 3.8) is 0 Å². The van der Waals surface area contributed by atoms with Crippen LogP contribution in [0, 0.1) is 0 Å². The zero-order valence-electron chi connectivity index (χ0n) is 9.32. The van der Waals surface area contributed by atoms with E-state index in [4.69, 9.17) is 4.42 Å². The van der Waals surface area contributed by atoms with Gasteiger partial charge in [-0.25, -0.2) is 0 Å². The zero-order chi connectivity index (χ0) is 13.2. The Morgan fingerprint density at radius 1 is 1.17 bits per heavy atom. The molecular weight excluding hydrogens is 245 g/mol. The molecule has 0 amide bonds. The van der Waals surface area contributed by atoms with Crippen LogP contribution in [0.3, 0.4) is 0 Å². The number of halogens is 3. The number of alkyl halides is 3. The van der Waals surface area contributed by atoms with Gasteiger partial charge in [0.05, 0.1) is 11.8 Å². The van der Waals surface area contributed by atoms with Crippen molar-refractivity contribution in [3.8, 4) is 0 Å². The van der Waals surface area contributed by atoms with Gasteiger partial charge in [-0.3, -0.25) is 0 Å². The first-order chi connectivity index (χ1) is 8.47. The molecule has 0 fully saturated rings. The topological polar surface area (TPSA) is 33.4 Å². The van der Waals surface area contributed by atoms with Crippen LogP contribution >= 0.6 is 0 Å². The zero-order valence-corrected chi connectivity index (χ0v) is 9.32. The number of benzene rings is 1. The monoisotopic (exact) mass is 256 g/mol. The fourth-order valence-electron chi connectivity index (χ4n) is 1.68. The number of rotatable bonds is 3. The Labute approximate surface area is 102 Å². The first kappa shape index (κ1) is 12.7. The van der Waals surface area contributed by atoms with Crippen LogP contribution in [0.1, 0.15) is 23.0 Å². The molecule has 1 heterocycles. The highest BCUT2D eigenvalue weighted by Crippen LogP contribution is 2.30. The second-order valence-electron chi connectivity index (χ2n) is 3.93. The van der Waals surface area contributed by atoms with Crippen molar-refractivity contribution in [3.05, 3.63) is 59.5 Å². The molecule has 2 nitrogen and oxygen atoms in total. The molecule has 0 aliphatic heterocycles. The van der Waals surface area contributed by atoms with E-state index in [1.807, 2.05) is 0 Å². The lowest BCUT2D eigenvalue weighted by Gasteiger charge is -2.11. The molecule has 0 aliphatic carbocycles. The lowest BCUT2D eigenvalue weighted by atomic mass is 10.0. The molecule has 18 heavy (non-hydrogen) atoms. The molecule has 0 aliphatic rings. The van der Waals surface area contributed by atoms with Gasteiger partial charge in [-0.1, -0.05) is 18.2 Å². The van der Waals surface area contributed by atoms with E-state index in [2.05, 4.69) is 0 Å². The Morgan fingerprint density at radius 3 is 2.56 bits per heavy atom. The van der Waals surface area contributed by atoms with Crippen molar-refractivity contribution >= 4 is 0 Å². The molecule has 1 aromatic carbocycles. The summed E-state index contributed by atoms with van der Waals surface area (Å²) in [5.41, 5.74) is -0.305. The Balaban J connectivity index is 2.15. The maximum absolute atomic E-state index is 12.5. The number of hydrogen-bond acceptors (Lipinski definition) is 2. The Morgan fingerprint density at radius 2 is 1.94 bits per heavy atom. The first-order valence-corrected chi connectivity index (χ1v) is 5.34. The summed E-state index contributed by atoms with van der Waals surface area (Å²) in [6, 6.07) is 8.10. The van der Waals surface area contributed by atoms with Gasteiger partial charge in [-0.2, -0.15) is 13.2 Å². The molecule has 2 aromatic rings. The summed E-state index contributed by atoms with van der Waals surface area (Å²) in [5, 5.41) is 9.78. The lowest BCUT2D eigenvalue weighted by Crippen LogP contribution is -2.06. The van der Waals surface area contributed by atoms with E-state index in [0.717, 1.165) is 12.1 Å². The average Bonchev–Trinajstić information content (AvgIpc) is 2.81. The van der Waals surface area contributed by atoms with E-state index >= 15 is 0 Å². The quantitative estimate of drug-likeness (QED) is 0.910. The van der Waals surface area contributed by atoms with Crippen molar-refractivity contribution < 1.29 is 22.7 Å². The van der Waals surface area contributed by atoms with Crippen LogP contribution in [-0.2, 0) is 12.6 Å². The number of aliphatic hydroxyl groups excluding tert-OH is 1. The maximum Gasteiger partial charge on any atom is 0.416 e. The molecule has 96 valence electrons. The van der Waals surface area contributed by atoms with Gasteiger partial charge in [0.25, 0.3) is 0 Å². The predicted octanol–water partition coefficient (Wildman–Crippen LogP) is 3.57. The first-order valence-electron chi connectivity index (χ1n) is 5.34. The van der Waals surface area contributed by atoms with Crippen molar-refractivity contribution in [2.45, 2.75) is 18.7 Å². The molecule has 0 bridgehead atoms. The number of hydrogen-bond donors (Lipinski definition) is 1. The second kappa shape index (κ2) is 4.86. The van der Waals surface area contributed by atoms with Gasteiger partial charge in [0.15, 0.2) is 0 Å². The van der Waals surface area contributed by atoms with Crippen molar-refractivity contribution in [2.24, 2.45) is 0 Å². The third-order valence-electron chi connectivity index (χ3n) is 2.55. The van der Waals surface area contributed by atoms with Gasteiger partial charge in [-0.05, 0) is 23.8 Å². The number of aliphatic hydroxyl groups is 1. The van der Waals surface area contributed by atoms with Crippen LogP contribution in [0.25, 0.3) is 0 Å². The molecule has 0 spiro atoms. The van der Waals surface area contributed by atoms with Gasteiger partial charge in [0.2, 0.25) is 0 Å². The molecule has 0 saturated carbocycles. The van der Waals surface area contributed by atoms with Crippen LogP contribution < -0.4 is 0 Å². The summed E-state index contributed by atoms with van der Waals surface area (Å²) in [6.07, 6.45) is -3.82. The highest BCUT2D eigenvalue weighted by molar-refractivity contribution is 5.26. The number of furan rings is 1. The summed E-state index contributed by atoms with van der Waals surface area (Å²) >= 11 is 0. The second-order valence-corrected chi connectivity index (χ2v) is 3.93. The molecule has 2 rings (SSSR count). The third-order valence-corrected chi connectivity index (χ3v) is 2.55. The summed E-state index contributed by atoms with van der Waals surface area (Å²) in [6.45, 7) is 0. The van der Waals surface area contributed by atoms with E-state index in [-0.39, 0.29) is 6.42 Å². The maximum atomic E-state index is 12.5. The van der Waals surface area contributed by atoms with Gasteiger partial charge in [0.1, 0.15) is 11.9 Å². The largest absolute Gasteiger partial charge is 0.467 e. The lowest BCUT2D eigenvalue weighted by molar-refractivity contribution is -0.137. The fourth-order valence-corrected chi connectivity index (χ4v) is 1.68. The highest BCUT2D eigenvalue weighted by atomic mass is 19.4. The molecule has 0 saturated heterocycles. The van der Waals surface area contributed by atoms with E-state index in [1.54, 1.807) is 18.2 Å². The van der Waals surface area contributed by atoms with Gasteiger partial charge >= 0.3 is 6.18 Å². The molecule has 1 unspecified atom stereocenters. The normalized spacial score (nSPS) is 13.6. The van der Waals surface area contributed by atoms with Crippen LogP contribution in [0.2, 0.25) is 0 Å². The Hall–Kier alpha value is -1.75. The Kier molecular flexibility index (Phi) is 3.43. The summed E-state index contributed by atoms with van der Waals surface area (Å²) in [5.74, 6) is 0.340. The molecule has 1 N–H and O–H groups in total. The van der Waals surface area contributed by atoms with Gasteiger partial charge in [-0.15, -0.1) is 0 Å². The van der Waals surface area contributed by atoms with Crippen LogP contribution in [0.4, 0.5) is 13.2 Å². The molecular formula is C13H11F3O2. The summed E-state index contributed by atoms with van der Waals surface area (Å²) in [4.78, 5) is 0. The van der Waals surface area contributed by atoms with Gasteiger partial charge < -0.3 is 9.52 Å². The van der Waals surface area contributed by atoms with E-state index in [9.17, 15) is 18.3 Å². The van der Waals surface area contributed by atoms with Crippen molar-refractivity contribution in [2.75, 3.05) is 0 Å². The molecule has 5 heteroatoms. The minimum absolute atomic E-state index is 0.0808.